The van der Waals surface area contributed by atoms with Gasteiger partial charge in [-0.05, 0) is 83.6 Å². The molecule has 1 fully saturated rings. The van der Waals surface area contributed by atoms with Crippen molar-refractivity contribution in [3.63, 3.8) is 0 Å². The second-order valence-electron chi connectivity index (χ2n) is 12.2. The summed E-state index contributed by atoms with van der Waals surface area (Å²) in [5.74, 6) is -0.434. The van der Waals surface area contributed by atoms with Crippen molar-refractivity contribution < 1.29 is 24.2 Å². The Morgan fingerprint density at radius 1 is 1.02 bits per heavy atom. The SMILES string of the molecule is CCCCCNC(=O)C(c1cc(C)cc(C)c1)N(C(=O)C(Cc1ccc(O)cc1)NC(=O)OC(C)(C)C)C1CCC1. The number of carbonyl (C=O) groups excluding carboxylic acids is 3. The molecule has 1 aliphatic rings. The number of nitrogens with zero attached hydrogens (tertiary/aromatic N) is 1. The first kappa shape index (κ1) is 32.0. The molecule has 224 valence electrons. The number of benzene rings is 2. The predicted octanol–water partition coefficient (Wildman–Crippen LogP) is 5.87. The number of phenols is 1. The zero-order chi connectivity index (χ0) is 30.2. The number of hydrogen-bond donors (Lipinski definition) is 3. The van der Waals surface area contributed by atoms with Crippen LogP contribution in [0.15, 0.2) is 42.5 Å². The van der Waals surface area contributed by atoms with Crippen LogP contribution in [0.2, 0.25) is 0 Å². The first-order valence-electron chi connectivity index (χ1n) is 14.8. The van der Waals surface area contributed by atoms with Crippen LogP contribution in [0.5, 0.6) is 5.75 Å². The average molecular weight is 566 g/mol. The Kier molecular flexibility index (Phi) is 11.2. The van der Waals surface area contributed by atoms with Gasteiger partial charge in [-0.1, -0.05) is 61.2 Å². The Morgan fingerprint density at radius 3 is 2.20 bits per heavy atom. The number of carbonyl (C=O) groups is 3. The fourth-order valence-electron chi connectivity index (χ4n) is 5.17. The summed E-state index contributed by atoms with van der Waals surface area (Å²) in [6.07, 6.45) is 4.93. The van der Waals surface area contributed by atoms with E-state index in [1.807, 2.05) is 32.0 Å². The van der Waals surface area contributed by atoms with E-state index in [9.17, 15) is 19.5 Å². The van der Waals surface area contributed by atoms with E-state index in [4.69, 9.17) is 4.74 Å². The number of aromatic hydroxyl groups is 1. The van der Waals surface area contributed by atoms with Crippen molar-refractivity contribution in [3.8, 4) is 5.75 Å². The molecule has 1 saturated carbocycles. The minimum Gasteiger partial charge on any atom is -0.508 e. The lowest BCUT2D eigenvalue weighted by Crippen LogP contribution is -2.58. The van der Waals surface area contributed by atoms with Crippen molar-refractivity contribution in [3.05, 3.63) is 64.7 Å². The Morgan fingerprint density at radius 2 is 1.66 bits per heavy atom. The number of alkyl carbamates (subject to hydrolysis) is 1. The van der Waals surface area contributed by atoms with Crippen LogP contribution in [0.1, 0.15) is 94.5 Å². The third-order valence-corrected chi connectivity index (χ3v) is 7.25. The summed E-state index contributed by atoms with van der Waals surface area (Å²) in [5.41, 5.74) is 2.80. The molecule has 0 aliphatic heterocycles. The third kappa shape index (κ3) is 9.51. The van der Waals surface area contributed by atoms with Crippen LogP contribution < -0.4 is 10.6 Å². The van der Waals surface area contributed by atoms with Gasteiger partial charge in [0.05, 0.1) is 0 Å². The molecule has 8 heteroatoms. The zero-order valence-electron chi connectivity index (χ0n) is 25.5. The first-order valence-corrected chi connectivity index (χ1v) is 14.8. The lowest BCUT2D eigenvalue weighted by molar-refractivity contribution is -0.147. The highest BCUT2D eigenvalue weighted by Crippen LogP contribution is 2.34. The number of aryl methyl sites for hydroxylation is 2. The first-order chi connectivity index (χ1) is 19.4. The number of rotatable bonds is 12. The van der Waals surface area contributed by atoms with E-state index < -0.39 is 23.8 Å². The van der Waals surface area contributed by atoms with Gasteiger partial charge in [-0.25, -0.2) is 4.79 Å². The van der Waals surface area contributed by atoms with Crippen molar-refractivity contribution in [2.45, 2.75) is 110 Å². The van der Waals surface area contributed by atoms with Crippen LogP contribution in [0.3, 0.4) is 0 Å². The molecule has 2 aromatic carbocycles. The van der Waals surface area contributed by atoms with Gasteiger partial charge in [0.25, 0.3) is 0 Å². The number of hydrogen-bond acceptors (Lipinski definition) is 5. The Bertz CT molecular complexity index is 1160. The van der Waals surface area contributed by atoms with E-state index in [1.54, 1.807) is 49.9 Å². The minimum absolute atomic E-state index is 0.113. The highest BCUT2D eigenvalue weighted by atomic mass is 16.6. The van der Waals surface area contributed by atoms with Gasteiger partial charge >= 0.3 is 6.09 Å². The van der Waals surface area contributed by atoms with Crippen molar-refractivity contribution in [2.24, 2.45) is 0 Å². The highest BCUT2D eigenvalue weighted by molar-refractivity contribution is 5.92. The zero-order valence-corrected chi connectivity index (χ0v) is 25.5. The molecule has 3 amide bonds. The summed E-state index contributed by atoms with van der Waals surface area (Å²) < 4.78 is 5.52. The molecule has 0 aromatic heterocycles. The van der Waals surface area contributed by atoms with Crippen molar-refractivity contribution in [1.29, 1.82) is 0 Å². The summed E-state index contributed by atoms with van der Waals surface area (Å²) in [4.78, 5) is 43.1. The average Bonchev–Trinajstić information content (AvgIpc) is 2.84. The molecule has 8 nitrogen and oxygen atoms in total. The molecule has 0 bridgehead atoms. The molecule has 0 heterocycles. The maximum Gasteiger partial charge on any atom is 0.408 e. The Labute approximate surface area is 244 Å². The summed E-state index contributed by atoms with van der Waals surface area (Å²) in [6.45, 7) is 11.9. The van der Waals surface area contributed by atoms with Gasteiger partial charge in [0.1, 0.15) is 23.4 Å². The third-order valence-electron chi connectivity index (χ3n) is 7.25. The molecule has 2 aromatic rings. The van der Waals surface area contributed by atoms with Gasteiger partial charge < -0.3 is 25.4 Å². The molecule has 0 saturated heterocycles. The van der Waals surface area contributed by atoms with Gasteiger partial charge in [0.2, 0.25) is 11.8 Å². The molecule has 3 rings (SSSR count). The minimum atomic E-state index is -0.976. The molecule has 1 aliphatic carbocycles. The topological polar surface area (TPSA) is 108 Å². The van der Waals surface area contributed by atoms with Gasteiger partial charge in [0.15, 0.2) is 0 Å². The number of unbranched alkanes of at least 4 members (excludes halogenated alkanes) is 2. The molecule has 41 heavy (non-hydrogen) atoms. The van der Waals surface area contributed by atoms with Crippen molar-refractivity contribution in [2.75, 3.05) is 6.54 Å². The summed E-state index contributed by atoms with van der Waals surface area (Å²) in [5, 5.41) is 15.7. The summed E-state index contributed by atoms with van der Waals surface area (Å²) in [7, 11) is 0. The number of nitrogens with one attached hydrogen (secondary N) is 2. The Hall–Kier alpha value is -3.55. The normalized spacial score (nSPS) is 14.9. The molecule has 3 N–H and O–H groups in total. The van der Waals surface area contributed by atoms with Gasteiger partial charge in [-0.15, -0.1) is 0 Å². The lowest BCUT2D eigenvalue weighted by Gasteiger charge is -2.43. The fraction of sp³-hybridized carbons (Fsp3) is 0.545. The van der Waals surface area contributed by atoms with E-state index >= 15 is 0 Å². The van der Waals surface area contributed by atoms with Crippen LogP contribution in [0.4, 0.5) is 4.79 Å². The summed E-state index contributed by atoms with van der Waals surface area (Å²) in [6, 6.07) is 10.6. The fourth-order valence-corrected chi connectivity index (χ4v) is 5.17. The quantitative estimate of drug-likeness (QED) is 0.279. The van der Waals surface area contributed by atoms with E-state index in [0.717, 1.165) is 60.8 Å². The predicted molar refractivity (Wildman–Crippen MR) is 161 cm³/mol. The Balaban J connectivity index is 2.03. The van der Waals surface area contributed by atoms with Crippen molar-refractivity contribution in [1.82, 2.24) is 15.5 Å². The molecule has 2 unspecified atom stereocenters. The molecule has 2 atom stereocenters. The molecule has 0 radical (unpaired) electrons. The molecule has 0 spiro atoms. The molecular formula is C33H47N3O5. The van der Waals surface area contributed by atoms with Gasteiger partial charge in [-0.3, -0.25) is 9.59 Å². The van der Waals surface area contributed by atoms with Crippen LogP contribution in [0, 0.1) is 13.8 Å². The highest BCUT2D eigenvalue weighted by Gasteiger charge is 2.42. The number of ether oxygens (including phenoxy) is 1. The maximum absolute atomic E-state index is 14.5. The van der Waals surface area contributed by atoms with Gasteiger partial charge in [0, 0.05) is 19.0 Å². The van der Waals surface area contributed by atoms with E-state index in [-0.39, 0.29) is 30.0 Å². The molecular weight excluding hydrogens is 518 g/mol. The van der Waals surface area contributed by atoms with Crippen LogP contribution in [0.25, 0.3) is 0 Å². The largest absolute Gasteiger partial charge is 0.508 e. The summed E-state index contributed by atoms with van der Waals surface area (Å²) >= 11 is 0. The van der Waals surface area contributed by atoms with Crippen LogP contribution >= 0.6 is 0 Å². The van der Waals surface area contributed by atoms with Crippen LogP contribution in [-0.4, -0.2) is 52.1 Å². The second kappa shape index (κ2) is 14.4. The van der Waals surface area contributed by atoms with Crippen molar-refractivity contribution >= 4 is 17.9 Å². The monoisotopic (exact) mass is 565 g/mol. The second-order valence-corrected chi connectivity index (χ2v) is 12.2. The van der Waals surface area contributed by atoms with E-state index in [0.29, 0.717) is 6.54 Å². The smallest absolute Gasteiger partial charge is 0.408 e. The standard InChI is InChI=1S/C33H47N3O5/c1-7-8-9-17-34-30(38)29(25-19-22(2)18-23(3)20-25)36(26-11-10-12-26)31(39)28(35-32(40)41-33(4,5)6)21-24-13-15-27(37)16-14-24/h13-16,18-20,26,28-29,37H,7-12,17,21H2,1-6H3,(H,34,38)(H,35,40). The van der Waals surface area contributed by atoms with E-state index in [2.05, 4.69) is 17.6 Å². The number of amides is 3. The van der Waals surface area contributed by atoms with Gasteiger partial charge in [-0.2, -0.15) is 0 Å². The lowest BCUT2D eigenvalue weighted by atomic mass is 9.87. The maximum atomic E-state index is 14.5. The van der Waals surface area contributed by atoms with Crippen LogP contribution in [-0.2, 0) is 20.7 Å². The number of phenolic OH excluding ortho intramolecular Hbond substituents is 1. The van der Waals surface area contributed by atoms with E-state index in [1.165, 1.54) is 0 Å².